The molecule has 0 spiro atoms. The highest BCUT2D eigenvalue weighted by molar-refractivity contribution is 5.87. The number of hydrogen-bond acceptors (Lipinski definition) is 4. The van der Waals surface area contributed by atoms with Crippen LogP contribution < -0.4 is 0 Å². The van der Waals surface area contributed by atoms with Crippen LogP contribution in [0.25, 0.3) is 0 Å². The van der Waals surface area contributed by atoms with Crippen LogP contribution in [0.3, 0.4) is 0 Å². The van der Waals surface area contributed by atoms with E-state index in [0.717, 1.165) is 45.9 Å². The molecule has 1 aliphatic heterocycles. The van der Waals surface area contributed by atoms with Crippen molar-refractivity contribution in [1.82, 2.24) is 9.80 Å². The van der Waals surface area contributed by atoms with Gasteiger partial charge in [0.1, 0.15) is 0 Å². The Balaban J connectivity index is 1.81. The van der Waals surface area contributed by atoms with E-state index in [1.165, 1.54) is 5.56 Å². The van der Waals surface area contributed by atoms with Gasteiger partial charge < -0.3 is 9.84 Å². The molecular formula is C17H26N2O3. The second-order valence-electron chi connectivity index (χ2n) is 5.82. The standard InChI is InChI=1S/C17H26N2O3/c1-3-22-11-10-19-9-8-18(12-14(19)2)13-15-4-6-16(7-5-15)17(20)21/h4-7,14H,3,8-13H2,1-2H3,(H,20,21). The Morgan fingerprint density at radius 1 is 1.32 bits per heavy atom. The Morgan fingerprint density at radius 2 is 2.05 bits per heavy atom. The molecule has 1 aromatic carbocycles. The first-order chi connectivity index (χ1) is 10.6. The van der Waals surface area contributed by atoms with Crippen LogP contribution in [-0.4, -0.2) is 66.3 Å². The highest BCUT2D eigenvalue weighted by Crippen LogP contribution is 2.13. The van der Waals surface area contributed by atoms with Gasteiger partial charge in [-0.2, -0.15) is 0 Å². The smallest absolute Gasteiger partial charge is 0.335 e. The molecule has 1 heterocycles. The third kappa shape index (κ3) is 4.80. The van der Waals surface area contributed by atoms with E-state index < -0.39 is 5.97 Å². The first kappa shape index (κ1) is 16.9. The monoisotopic (exact) mass is 306 g/mol. The lowest BCUT2D eigenvalue weighted by molar-refractivity contribution is 0.0466. The average molecular weight is 306 g/mol. The topological polar surface area (TPSA) is 53.0 Å². The van der Waals surface area contributed by atoms with Crippen molar-refractivity contribution in [2.45, 2.75) is 26.4 Å². The minimum atomic E-state index is -0.872. The Hall–Kier alpha value is -1.43. The lowest BCUT2D eigenvalue weighted by Gasteiger charge is -2.39. The van der Waals surface area contributed by atoms with Crippen molar-refractivity contribution in [3.05, 3.63) is 35.4 Å². The lowest BCUT2D eigenvalue weighted by Crippen LogP contribution is -2.52. The number of ether oxygens (including phenoxy) is 1. The van der Waals surface area contributed by atoms with Gasteiger partial charge in [0.2, 0.25) is 0 Å². The van der Waals surface area contributed by atoms with Gasteiger partial charge in [-0.05, 0) is 31.5 Å². The van der Waals surface area contributed by atoms with Gasteiger partial charge >= 0.3 is 5.97 Å². The van der Waals surface area contributed by atoms with E-state index in [4.69, 9.17) is 9.84 Å². The van der Waals surface area contributed by atoms with Crippen LogP contribution in [0, 0.1) is 0 Å². The number of rotatable bonds is 7. The molecule has 1 unspecified atom stereocenters. The van der Waals surface area contributed by atoms with Crippen LogP contribution in [0.1, 0.15) is 29.8 Å². The summed E-state index contributed by atoms with van der Waals surface area (Å²) in [7, 11) is 0. The highest BCUT2D eigenvalue weighted by Gasteiger charge is 2.23. The molecule has 1 aromatic rings. The minimum Gasteiger partial charge on any atom is -0.478 e. The summed E-state index contributed by atoms with van der Waals surface area (Å²) in [5.41, 5.74) is 1.51. The van der Waals surface area contributed by atoms with Crippen LogP contribution in [-0.2, 0) is 11.3 Å². The van der Waals surface area contributed by atoms with Gasteiger partial charge in [0.05, 0.1) is 12.2 Å². The van der Waals surface area contributed by atoms with E-state index in [-0.39, 0.29) is 0 Å². The molecule has 0 bridgehead atoms. The third-order valence-corrected chi connectivity index (χ3v) is 4.18. The molecule has 0 saturated carbocycles. The molecule has 1 fully saturated rings. The average Bonchev–Trinajstić information content (AvgIpc) is 2.50. The third-order valence-electron chi connectivity index (χ3n) is 4.18. The van der Waals surface area contributed by atoms with Gasteiger partial charge in [0, 0.05) is 45.4 Å². The second-order valence-corrected chi connectivity index (χ2v) is 5.82. The Bertz CT molecular complexity index is 475. The summed E-state index contributed by atoms with van der Waals surface area (Å²) in [5, 5.41) is 8.92. The van der Waals surface area contributed by atoms with Crippen molar-refractivity contribution in [1.29, 1.82) is 0 Å². The van der Waals surface area contributed by atoms with Crippen molar-refractivity contribution in [2.24, 2.45) is 0 Å². The number of carbonyl (C=O) groups is 1. The maximum absolute atomic E-state index is 10.9. The Kier molecular flexibility index (Phi) is 6.36. The molecule has 2 rings (SSSR count). The summed E-state index contributed by atoms with van der Waals surface area (Å²) in [4.78, 5) is 15.8. The molecule has 1 aliphatic rings. The molecule has 0 amide bonds. The summed E-state index contributed by atoms with van der Waals surface area (Å²) in [6, 6.07) is 7.71. The number of piperazine rings is 1. The van der Waals surface area contributed by atoms with Crippen LogP contribution >= 0.6 is 0 Å². The number of aromatic carboxylic acids is 1. The minimum absolute atomic E-state index is 0.345. The maximum Gasteiger partial charge on any atom is 0.335 e. The molecule has 122 valence electrons. The molecule has 5 heteroatoms. The van der Waals surface area contributed by atoms with Crippen molar-refractivity contribution in [2.75, 3.05) is 39.4 Å². The van der Waals surface area contributed by atoms with Crippen molar-refractivity contribution < 1.29 is 14.6 Å². The fourth-order valence-corrected chi connectivity index (χ4v) is 2.88. The van der Waals surface area contributed by atoms with Gasteiger partial charge in [-0.25, -0.2) is 4.79 Å². The van der Waals surface area contributed by atoms with Crippen molar-refractivity contribution in [3.8, 4) is 0 Å². The van der Waals surface area contributed by atoms with Crippen LogP contribution in [0.15, 0.2) is 24.3 Å². The number of carboxylic acids is 1. The van der Waals surface area contributed by atoms with Gasteiger partial charge in [-0.15, -0.1) is 0 Å². The van der Waals surface area contributed by atoms with Crippen LogP contribution in [0.5, 0.6) is 0 Å². The summed E-state index contributed by atoms with van der Waals surface area (Å²) in [6.07, 6.45) is 0. The quantitative estimate of drug-likeness (QED) is 0.780. The van der Waals surface area contributed by atoms with Gasteiger partial charge in [-0.3, -0.25) is 9.80 Å². The van der Waals surface area contributed by atoms with Crippen LogP contribution in [0.4, 0.5) is 0 Å². The zero-order valence-corrected chi connectivity index (χ0v) is 13.5. The predicted molar refractivity (Wildman–Crippen MR) is 86.2 cm³/mol. The molecular weight excluding hydrogens is 280 g/mol. The van der Waals surface area contributed by atoms with E-state index >= 15 is 0 Å². The zero-order valence-electron chi connectivity index (χ0n) is 13.5. The first-order valence-corrected chi connectivity index (χ1v) is 7.96. The lowest BCUT2D eigenvalue weighted by atomic mass is 10.1. The molecule has 1 saturated heterocycles. The summed E-state index contributed by atoms with van der Waals surface area (Å²) >= 11 is 0. The number of carboxylic acid groups (broad SMARTS) is 1. The summed E-state index contributed by atoms with van der Waals surface area (Å²) in [6.45, 7) is 10.9. The van der Waals surface area contributed by atoms with E-state index in [2.05, 4.69) is 16.7 Å². The van der Waals surface area contributed by atoms with E-state index in [1.807, 2.05) is 19.1 Å². The summed E-state index contributed by atoms with van der Waals surface area (Å²) < 4.78 is 5.43. The Morgan fingerprint density at radius 3 is 2.64 bits per heavy atom. The van der Waals surface area contributed by atoms with Crippen LogP contribution in [0.2, 0.25) is 0 Å². The number of hydrogen-bond donors (Lipinski definition) is 1. The number of nitrogens with zero attached hydrogens (tertiary/aromatic N) is 2. The molecule has 0 aliphatic carbocycles. The molecule has 5 nitrogen and oxygen atoms in total. The van der Waals surface area contributed by atoms with Crippen molar-refractivity contribution >= 4 is 5.97 Å². The normalized spacial score (nSPS) is 20.2. The van der Waals surface area contributed by atoms with E-state index in [9.17, 15) is 4.79 Å². The molecule has 1 N–H and O–H groups in total. The summed E-state index contributed by atoms with van der Waals surface area (Å²) in [5.74, 6) is -0.872. The Labute approximate surface area is 132 Å². The fraction of sp³-hybridized carbons (Fsp3) is 0.588. The molecule has 22 heavy (non-hydrogen) atoms. The van der Waals surface area contributed by atoms with Gasteiger partial charge in [0.15, 0.2) is 0 Å². The molecule has 1 atom stereocenters. The first-order valence-electron chi connectivity index (χ1n) is 7.96. The van der Waals surface area contributed by atoms with Gasteiger partial charge in [-0.1, -0.05) is 12.1 Å². The van der Waals surface area contributed by atoms with Gasteiger partial charge in [0.25, 0.3) is 0 Å². The highest BCUT2D eigenvalue weighted by atomic mass is 16.5. The van der Waals surface area contributed by atoms with Crippen molar-refractivity contribution in [3.63, 3.8) is 0 Å². The zero-order chi connectivity index (χ0) is 15.9. The maximum atomic E-state index is 10.9. The molecule has 0 radical (unpaired) electrons. The SMILES string of the molecule is CCOCCN1CCN(Cc2ccc(C(=O)O)cc2)CC1C. The fourth-order valence-electron chi connectivity index (χ4n) is 2.88. The predicted octanol–water partition coefficient (Wildman–Crippen LogP) is 1.93. The largest absolute Gasteiger partial charge is 0.478 e. The second kappa shape index (κ2) is 8.27. The van der Waals surface area contributed by atoms with E-state index in [0.29, 0.717) is 11.6 Å². The van der Waals surface area contributed by atoms with E-state index in [1.54, 1.807) is 12.1 Å². The molecule has 0 aromatic heterocycles. The number of benzene rings is 1.